The monoisotopic (exact) mass is 234 g/mol. The predicted molar refractivity (Wildman–Crippen MR) is 57.1 cm³/mol. The van der Waals surface area contributed by atoms with Crippen molar-refractivity contribution in [3.05, 3.63) is 52.4 Å². The Morgan fingerprint density at radius 1 is 1.62 bits per heavy atom. The summed E-state index contributed by atoms with van der Waals surface area (Å²) in [4.78, 5) is 0. The molecule has 1 radical (unpaired) electrons. The number of allylic oxidation sites excluding steroid dienone is 1. The van der Waals surface area contributed by atoms with E-state index in [4.69, 9.17) is 5.26 Å². The molecule has 65 valence electrons. The van der Waals surface area contributed by atoms with Crippen LogP contribution in [0.1, 0.15) is 18.1 Å². The molecule has 0 saturated heterocycles. The van der Waals surface area contributed by atoms with E-state index in [0.29, 0.717) is 5.56 Å². The van der Waals surface area contributed by atoms with E-state index in [2.05, 4.69) is 28.6 Å². The summed E-state index contributed by atoms with van der Waals surface area (Å²) in [5.41, 5.74) is 1.62. The number of nitrogens with zero attached hydrogens (tertiary/aromatic N) is 1. The number of rotatable bonds is 2. The van der Waals surface area contributed by atoms with E-state index >= 15 is 0 Å². The van der Waals surface area contributed by atoms with Crippen LogP contribution < -0.4 is 0 Å². The van der Waals surface area contributed by atoms with Gasteiger partial charge < -0.3 is 0 Å². The molecule has 2 heteroatoms. The van der Waals surface area contributed by atoms with E-state index in [0.717, 1.165) is 16.0 Å². The lowest BCUT2D eigenvalue weighted by molar-refractivity contribution is 1.23. The predicted octanol–water partition coefficient (Wildman–Crippen LogP) is 3.45. The van der Waals surface area contributed by atoms with Crippen molar-refractivity contribution in [1.29, 1.82) is 5.26 Å². The normalized spacial score (nSPS) is 9.69. The second kappa shape index (κ2) is 4.25. The highest BCUT2D eigenvalue weighted by Gasteiger charge is 2.07. The highest BCUT2D eigenvalue weighted by Crippen LogP contribution is 2.23. The summed E-state index contributed by atoms with van der Waals surface area (Å²) in [5, 5.41) is 8.84. The van der Waals surface area contributed by atoms with Crippen LogP contribution >= 0.6 is 15.9 Å². The Morgan fingerprint density at radius 2 is 2.31 bits per heavy atom. The van der Waals surface area contributed by atoms with E-state index in [1.54, 1.807) is 12.1 Å². The lowest BCUT2D eigenvalue weighted by Crippen LogP contribution is -1.94. The van der Waals surface area contributed by atoms with E-state index in [-0.39, 0.29) is 0 Å². The van der Waals surface area contributed by atoms with Gasteiger partial charge >= 0.3 is 0 Å². The zero-order valence-corrected chi connectivity index (χ0v) is 8.93. The number of hydrogen-bond acceptors (Lipinski definition) is 1. The van der Waals surface area contributed by atoms with E-state index in [1.807, 2.05) is 19.1 Å². The maximum atomic E-state index is 8.84. The van der Waals surface area contributed by atoms with Crippen molar-refractivity contribution in [1.82, 2.24) is 0 Å². The second-order valence-corrected chi connectivity index (χ2v) is 3.60. The van der Waals surface area contributed by atoms with Crippen molar-refractivity contribution in [3.8, 4) is 6.07 Å². The quantitative estimate of drug-likeness (QED) is 0.770. The minimum absolute atomic E-state index is 0.681. The molecule has 0 unspecified atom stereocenters. The molecule has 1 nitrogen and oxygen atoms in total. The van der Waals surface area contributed by atoms with Crippen molar-refractivity contribution < 1.29 is 0 Å². The molecular formula is C11H9BrN. The third-order valence-corrected chi connectivity index (χ3v) is 2.33. The van der Waals surface area contributed by atoms with Gasteiger partial charge in [-0.25, -0.2) is 0 Å². The molecule has 1 aromatic rings. The average molecular weight is 235 g/mol. The molecule has 0 N–H and O–H groups in total. The lowest BCUT2D eigenvalue weighted by Gasteiger charge is -2.07. The van der Waals surface area contributed by atoms with E-state index < -0.39 is 0 Å². The van der Waals surface area contributed by atoms with Gasteiger partial charge in [0.05, 0.1) is 11.6 Å². The second-order valence-electron chi connectivity index (χ2n) is 2.69. The summed E-state index contributed by atoms with van der Waals surface area (Å²) < 4.78 is 0.975. The van der Waals surface area contributed by atoms with E-state index in [9.17, 15) is 0 Å². The molecule has 13 heavy (non-hydrogen) atoms. The van der Waals surface area contributed by atoms with Crippen LogP contribution in [0.25, 0.3) is 0 Å². The smallest absolute Gasteiger partial charge is 0.0994 e. The zero-order chi connectivity index (χ0) is 9.84. The van der Waals surface area contributed by atoms with Gasteiger partial charge in [-0.1, -0.05) is 28.9 Å². The average Bonchev–Trinajstić information content (AvgIpc) is 2.16. The van der Waals surface area contributed by atoms with Crippen LogP contribution in [0, 0.1) is 17.2 Å². The Kier molecular flexibility index (Phi) is 3.27. The van der Waals surface area contributed by atoms with Crippen molar-refractivity contribution in [2.24, 2.45) is 0 Å². The van der Waals surface area contributed by atoms with Crippen LogP contribution in [0.2, 0.25) is 0 Å². The molecular weight excluding hydrogens is 226 g/mol. The van der Waals surface area contributed by atoms with Crippen LogP contribution in [0.15, 0.2) is 35.3 Å². The molecule has 0 aromatic heterocycles. The summed E-state index contributed by atoms with van der Waals surface area (Å²) in [5.74, 6) is 1.01. The molecule has 1 rings (SSSR count). The third kappa shape index (κ3) is 2.19. The molecule has 0 saturated carbocycles. The molecule has 0 aliphatic heterocycles. The number of halogens is 1. The Balaban J connectivity index is 3.25. The molecule has 0 heterocycles. The first-order valence-corrected chi connectivity index (χ1v) is 4.64. The standard InChI is InChI=1S/C11H9BrN/c1-3-8(2)11-6-10(12)5-4-9(11)7-13/h3-6H,1H2,2H3. The fraction of sp³-hybridized carbons (Fsp3) is 0.0909. The number of benzene rings is 1. The number of nitriles is 1. The fourth-order valence-corrected chi connectivity index (χ4v) is 1.41. The summed E-state index contributed by atoms with van der Waals surface area (Å²) in [6, 6.07) is 7.73. The van der Waals surface area contributed by atoms with Crippen LogP contribution in [-0.4, -0.2) is 0 Å². The van der Waals surface area contributed by atoms with Crippen LogP contribution in [0.5, 0.6) is 0 Å². The first-order chi connectivity index (χ1) is 6.19. The lowest BCUT2D eigenvalue weighted by atomic mass is 9.97. The first-order valence-electron chi connectivity index (χ1n) is 3.85. The Bertz CT molecular complexity index is 363. The van der Waals surface area contributed by atoms with E-state index in [1.165, 1.54) is 0 Å². The summed E-state index contributed by atoms with van der Waals surface area (Å²) in [6.07, 6.45) is 1.75. The molecule has 0 spiro atoms. The van der Waals surface area contributed by atoms with Gasteiger partial charge in [0, 0.05) is 10.4 Å². The summed E-state index contributed by atoms with van der Waals surface area (Å²) >= 11 is 3.37. The molecule has 0 amide bonds. The maximum absolute atomic E-state index is 8.84. The van der Waals surface area contributed by atoms with Crippen molar-refractivity contribution >= 4 is 15.9 Å². The van der Waals surface area contributed by atoms with Gasteiger partial charge in [0.15, 0.2) is 0 Å². The maximum Gasteiger partial charge on any atom is 0.0994 e. The molecule has 1 aromatic carbocycles. The van der Waals surface area contributed by atoms with Gasteiger partial charge in [0.2, 0.25) is 0 Å². The summed E-state index contributed by atoms with van der Waals surface area (Å²) in [6.45, 7) is 5.62. The SMILES string of the molecule is C=C[C](C)c1cc(Br)ccc1C#N. The van der Waals surface area contributed by atoms with Crippen LogP contribution in [0.3, 0.4) is 0 Å². The van der Waals surface area contributed by atoms with Gasteiger partial charge in [-0.3, -0.25) is 0 Å². The van der Waals surface area contributed by atoms with Crippen LogP contribution in [-0.2, 0) is 0 Å². The molecule has 0 bridgehead atoms. The minimum atomic E-state index is 0.681. The molecule has 0 atom stereocenters. The van der Waals surface area contributed by atoms with Gasteiger partial charge in [0.1, 0.15) is 0 Å². The molecule has 0 fully saturated rings. The Labute approximate surface area is 86.8 Å². The third-order valence-electron chi connectivity index (χ3n) is 1.83. The highest BCUT2D eigenvalue weighted by molar-refractivity contribution is 9.10. The first kappa shape index (κ1) is 10.0. The largest absolute Gasteiger partial charge is 0.192 e. The van der Waals surface area contributed by atoms with Crippen molar-refractivity contribution in [2.45, 2.75) is 6.92 Å². The van der Waals surface area contributed by atoms with Gasteiger partial charge in [-0.2, -0.15) is 5.26 Å². The molecule has 0 aliphatic rings. The molecule has 0 aliphatic carbocycles. The van der Waals surface area contributed by atoms with Gasteiger partial charge in [-0.05, 0) is 23.8 Å². The fourth-order valence-electron chi connectivity index (χ4n) is 1.05. The topological polar surface area (TPSA) is 23.8 Å². The Morgan fingerprint density at radius 3 is 2.85 bits per heavy atom. The Hall–Kier alpha value is -1.07. The van der Waals surface area contributed by atoms with Crippen molar-refractivity contribution in [3.63, 3.8) is 0 Å². The van der Waals surface area contributed by atoms with Gasteiger partial charge in [0.25, 0.3) is 0 Å². The summed E-state index contributed by atoms with van der Waals surface area (Å²) in [7, 11) is 0. The van der Waals surface area contributed by atoms with Crippen LogP contribution in [0.4, 0.5) is 0 Å². The minimum Gasteiger partial charge on any atom is -0.192 e. The van der Waals surface area contributed by atoms with Gasteiger partial charge in [-0.15, -0.1) is 6.58 Å². The van der Waals surface area contributed by atoms with Crippen molar-refractivity contribution in [2.75, 3.05) is 0 Å². The highest BCUT2D eigenvalue weighted by atomic mass is 79.9. The zero-order valence-electron chi connectivity index (χ0n) is 7.34. The number of hydrogen-bond donors (Lipinski definition) is 0.